The van der Waals surface area contributed by atoms with Gasteiger partial charge in [-0.25, -0.2) is 4.39 Å². The highest BCUT2D eigenvalue weighted by molar-refractivity contribution is 6.06. The van der Waals surface area contributed by atoms with Crippen molar-refractivity contribution in [2.75, 3.05) is 6.54 Å². The molecule has 0 aliphatic carbocycles. The molecule has 2 aromatic carbocycles. The minimum Gasteiger partial charge on any atom is -0.484 e. The fourth-order valence-electron chi connectivity index (χ4n) is 3.97. The van der Waals surface area contributed by atoms with Gasteiger partial charge in [-0.3, -0.25) is 19.1 Å². The first-order chi connectivity index (χ1) is 17.0. The van der Waals surface area contributed by atoms with Crippen LogP contribution in [0.3, 0.4) is 0 Å². The molecule has 2 heterocycles. The van der Waals surface area contributed by atoms with Gasteiger partial charge in [-0.1, -0.05) is 54.6 Å². The predicted molar refractivity (Wildman–Crippen MR) is 131 cm³/mol. The van der Waals surface area contributed by atoms with Crippen LogP contribution in [0.5, 0.6) is 5.75 Å². The van der Waals surface area contributed by atoms with Crippen molar-refractivity contribution in [3.63, 3.8) is 0 Å². The predicted octanol–water partition coefficient (Wildman–Crippen LogP) is 3.64. The van der Waals surface area contributed by atoms with Gasteiger partial charge in [0.05, 0.1) is 0 Å². The smallest absolute Gasteiger partial charge is 0.275 e. The number of amides is 1. The molecule has 9 heteroatoms. The molecule has 0 saturated carbocycles. The molecule has 0 fully saturated rings. The van der Waals surface area contributed by atoms with Crippen LogP contribution in [-0.4, -0.2) is 34.5 Å². The number of nitrogens with two attached hydrogens (primary N) is 1. The molecule has 1 aliphatic heterocycles. The van der Waals surface area contributed by atoms with Gasteiger partial charge in [0.25, 0.3) is 11.8 Å². The van der Waals surface area contributed by atoms with Crippen molar-refractivity contribution < 1.29 is 18.7 Å². The van der Waals surface area contributed by atoms with E-state index in [4.69, 9.17) is 10.6 Å². The van der Waals surface area contributed by atoms with Gasteiger partial charge in [-0.2, -0.15) is 5.10 Å². The summed E-state index contributed by atoms with van der Waals surface area (Å²) < 4.78 is 20.6. The second-order valence-corrected chi connectivity index (χ2v) is 7.84. The number of aliphatic imine (C=N–C) groups is 1. The number of pyridine rings is 1. The third-order valence-electron chi connectivity index (χ3n) is 5.55. The zero-order valence-electron chi connectivity index (χ0n) is 19.1. The largest absolute Gasteiger partial charge is 0.484 e. The maximum atomic E-state index is 13.7. The first-order valence-corrected chi connectivity index (χ1v) is 10.9. The lowest BCUT2D eigenvalue weighted by atomic mass is 10.1. The molecule has 178 valence electrons. The van der Waals surface area contributed by atoms with Crippen molar-refractivity contribution in [3.05, 3.63) is 94.4 Å². The van der Waals surface area contributed by atoms with Crippen molar-refractivity contribution in [2.45, 2.75) is 20.1 Å². The van der Waals surface area contributed by atoms with Gasteiger partial charge in [0.15, 0.2) is 16.9 Å². The average molecular weight is 474 g/mol. The second kappa shape index (κ2) is 10.2. The Morgan fingerprint density at radius 3 is 2.46 bits per heavy atom. The Hall–Kier alpha value is -4.53. The minimum absolute atomic E-state index is 0.0425. The fraction of sp³-hybridized carbons (Fsp3) is 0.154. The number of carbonyl (C=O) groups excluding carboxylic acids is 2. The number of halogens is 1. The van der Waals surface area contributed by atoms with Crippen molar-refractivity contribution >= 4 is 30.3 Å². The molecule has 2 N–H and O–H groups in total. The van der Waals surface area contributed by atoms with E-state index in [0.717, 1.165) is 5.56 Å². The van der Waals surface area contributed by atoms with Crippen LogP contribution in [0.4, 0.5) is 10.1 Å². The number of ether oxygens (including phenoxy) is 1. The number of carbonyl (C=O) groups is 2. The van der Waals surface area contributed by atoms with Crippen LogP contribution < -0.4 is 16.1 Å². The van der Waals surface area contributed by atoms with E-state index in [1.165, 1.54) is 21.6 Å². The van der Waals surface area contributed by atoms with Gasteiger partial charge in [0.2, 0.25) is 0 Å². The number of allylic oxidation sites excluding steroid dienone is 1. The zero-order valence-corrected chi connectivity index (χ0v) is 19.1. The third-order valence-corrected chi connectivity index (χ3v) is 5.55. The molecule has 1 aliphatic rings. The highest BCUT2D eigenvalue weighted by Gasteiger charge is 2.36. The lowest BCUT2D eigenvalue weighted by Crippen LogP contribution is -2.49. The van der Waals surface area contributed by atoms with E-state index in [-0.39, 0.29) is 48.1 Å². The van der Waals surface area contributed by atoms with Crippen LogP contribution in [0.2, 0.25) is 0 Å². The van der Waals surface area contributed by atoms with E-state index in [1.807, 2.05) is 30.3 Å². The number of rotatable bonds is 7. The molecule has 0 spiro atoms. The standard InChI is InChI=1S/C26H24FN5O3/c1-3-7-20-22(29-2)24(35-16-18-8-5-4-6-9-18)23-26(34)31(14-17-10-12-19(27)13-11-17)15-21(33)32(23)25(20)30-28/h3-13H,2,14-16,28H2,1H3/b7-3-,30-25-. The van der Waals surface area contributed by atoms with Crippen LogP contribution in [0.15, 0.2) is 70.8 Å². The first-order valence-electron chi connectivity index (χ1n) is 10.9. The molecule has 4 rings (SSSR count). The summed E-state index contributed by atoms with van der Waals surface area (Å²) in [5, 5.41) is 3.81. The molecule has 0 saturated heterocycles. The van der Waals surface area contributed by atoms with E-state index in [2.05, 4.69) is 16.8 Å². The number of aromatic nitrogens is 1. The summed E-state index contributed by atoms with van der Waals surface area (Å²) in [6, 6.07) is 15.1. The molecule has 0 bridgehead atoms. The minimum atomic E-state index is -0.473. The third kappa shape index (κ3) is 4.61. The summed E-state index contributed by atoms with van der Waals surface area (Å²) in [7, 11) is 0. The summed E-state index contributed by atoms with van der Waals surface area (Å²) in [5.41, 5.74) is 2.22. The topological polar surface area (TPSA) is 102 Å². The molecule has 3 aromatic rings. The Balaban J connectivity index is 1.88. The maximum Gasteiger partial charge on any atom is 0.275 e. The first kappa shape index (κ1) is 23.6. The van der Waals surface area contributed by atoms with E-state index in [9.17, 15) is 14.0 Å². The molecule has 1 aromatic heterocycles. The molecule has 8 nitrogen and oxygen atoms in total. The lowest BCUT2D eigenvalue weighted by molar-refractivity contribution is 0.0595. The maximum absolute atomic E-state index is 13.7. The molecule has 0 unspecified atom stereocenters. The van der Waals surface area contributed by atoms with Crippen LogP contribution in [0, 0.1) is 5.82 Å². The van der Waals surface area contributed by atoms with Crippen LogP contribution >= 0.6 is 0 Å². The summed E-state index contributed by atoms with van der Waals surface area (Å²) in [5.74, 6) is 4.50. The lowest BCUT2D eigenvalue weighted by Gasteiger charge is -2.31. The van der Waals surface area contributed by atoms with Gasteiger partial charge in [-0.05, 0) is 36.9 Å². The fourth-order valence-corrected chi connectivity index (χ4v) is 3.97. The van der Waals surface area contributed by atoms with Gasteiger partial charge in [0.1, 0.15) is 24.7 Å². The highest BCUT2D eigenvalue weighted by atomic mass is 19.1. The van der Waals surface area contributed by atoms with E-state index in [1.54, 1.807) is 31.2 Å². The average Bonchev–Trinajstić information content (AvgIpc) is 2.87. The normalized spacial score (nSPS) is 13.9. The second-order valence-electron chi connectivity index (χ2n) is 7.84. The summed E-state index contributed by atoms with van der Waals surface area (Å²) in [6.45, 7) is 5.46. The van der Waals surface area contributed by atoms with Crippen LogP contribution in [0.25, 0.3) is 6.08 Å². The Kier molecular flexibility index (Phi) is 6.86. The molecule has 1 amide bonds. The van der Waals surface area contributed by atoms with Crippen LogP contribution in [0.1, 0.15) is 38.9 Å². The summed E-state index contributed by atoms with van der Waals surface area (Å²) >= 11 is 0. The Morgan fingerprint density at radius 1 is 1.11 bits per heavy atom. The number of nitrogens with zero attached hydrogens (tertiary/aromatic N) is 4. The van der Waals surface area contributed by atoms with Gasteiger partial charge in [-0.15, -0.1) is 0 Å². The monoisotopic (exact) mass is 473 g/mol. The van der Waals surface area contributed by atoms with E-state index in [0.29, 0.717) is 11.1 Å². The molecule has 0 atom stereocenters. The number of benzene rings is 2. The summed E-state index contributed by atoms with van der Waals surface area (Å²) in [6.07, 6.45) is 3.42. The zero-order chi connectivity index (χ0) is 24.9. The Bertz CT molecular complexity index is 1380. The highest BCUT2D eigenvalue weighted by Crippen LogP contribution is 2.36. The number of hydrogen-bond donors (Lipinski definition) is 1. The summed E-state index contributed by atoms with van der Waals surface area (Å²) in [4.78, 5) is 32.5. The quantitative estimate of drug-likeness (QED) is 0.322. The van der Waals surface area contributed by atoms with Crippen molar-refractivity contribution in [1.82, 2.24) is 9.47 Å². The molecular weight excluding hydrogens is 449 g/mol. The van der Waals surface area contributed by atoms with Gasteiger partial charge >= 0.3 is 0 Å². The van der Waals surface area contributed by atoms with Crippen molar-refractivity contribution in [2.24, 2.45) is 15.9 Å². The van der Waals surface area contributed by atoms with E-state index < -0.39 is 11.8 Å². The number of fused-ring (bicyclic) bond motifs is 1. The Morgan fingerprint density at radius 2 is 1.83 bits per heavy atom. The van der Waals surface area contributed by atoms with Crippen molar-refractivity contribution in [1.29, 1.82) is 0 Å². The molecule has 0 radical (unpaired) electrons. The Labute approximate surface area is 201 Å². The van der Waals surface area contributed by atoms with Crippen LogP contribution in [-0.2, 0) is 13.2 Å². The van der Waals surface area contributed by atoms with Crippen molar-refractivity contribution in [3.8, 4) is 5.75 Å². The number of hydrogen-bond acceptors (Lipinski definition) is 6. The van der Waals surface area contributed by atoms with Gasteiger partial charge in [0, 0.05) is 12.1 Å². The van der Waals surface area contributed by atoms with E-state index >= 15 is 0 Å². The van der Waals surface area contributed by atoms with Gasteiger partial charge < -0.3 is 15.5 Å². The SMILES string of the molecule is C=Nc1c(OCc2ccccc2)c2n(/c(=N\N)c1/C=C\C)C(=O)CN(Cc1ccc(F)cc1)C2=O. The molecular formula is C26H24FN5O3. The molecule has 35 heavy (non-hydrogen) atoms.